The minimum absolute atomic E-state index is 0.224. The van der Waals surface area contributed by atoms with Gasteiger partial charge < -0.3 is 19.3 Å². The number of hydrogen-bond donors (Lipinski definition) is 0. The Hall–Kier alpha value is -16.6. The van der Waals surface area contributed by atoms with Crippen LogP contribution in [0.5, 0.6) is 0 Å². The minimum atomic E-state index is -0.224. The number of para-hydroxylation sites is 2. The fraction of sp³-hybridized carbons (Fsp3) is 0.0394. The van der Waals surface area contributed by atoms with Gasteiger partial charge in [-0.05, 0) is 280 Å². The molecule has 0 unspecified atom stereocenters. The van der Waals surface area contributed by atoms with Gasteiger partial charge in [0.05, 0.1) is 11.0 Å². The number of rotatable bonds is 20. The molecule has 22 aromatic carbocycles. The van der Waals surface area contributed by atoms with E-state index in [-0.39, 0.29) is 6.71 Å². The van der Waals surface area contributed by atoms with Crippen LogP contribution in [0, 0.1) is 0 Å². The molecular formula is C127H89BN4. The standard InChI is InChI=1S/C127H89BN4/c1-9-32-86(33-10-1)90-58-63-100(64-59-90)131(101-65-60-91(61-66-101)87-34-11-2-12-35-87)84-85-76-123-127-124(77-85)130(75-73-105-115(94-44-21-7-22-45-94)80-99(89-38-15-4-16-39-89)81-116(105)95-46-23-8-24-47-95)122-83-102(132-119-56-27-25-50-106(119)107-51-26-28-57-120(107)132)67-71-118(122)128(127)117-70-62-97(103-68-69-112-110-53-30-49-96-48-29-52-109(125(96)110)111-55-31-54-108(103)126(111)112)82-121(117)129(123)74-72-104-113(92-40-17-5-18-41-92)78-98(88-36-13-3-14-37-88)79-114(104)93-42-19-6-20-43-93/h1-71,76-83H,72-75,84H2. The summed E-state index contributed by atoms with van der Waals surface area (Å²) < 4.78 is 2.52. The Balaban J connectivity index is 0.765. The molecule has 0 amide bonds. The van der Waals surface area contributed by atoms with Gasteiger partial charge in [0.2, 0.25) is 0 Å². The van der Waals surface area contributed by atoms with E-state index in [0.29, 0.717) is 32.5 Å². The first-order valence-corrected chi connectivity index (χ1v) is 46.3. The molecule has 0 fully saturated rings. The van der Waals surface area contributed by atoms with Crippen LogP contribution in [-0.4, -0.2) is 24.4 Å². The van der Waals surface area contributed by atoms with Gasteiger partial charge in [-0.2, -0.15) is 0 Å². The monoisotopic (exact) mass is 1680 g/mol. The van der Waals surface area contributed by atoms with Crippen LogP contribution in [0.25, 0.3) is 171 Å². The maximum Gasteiger partial charge on any atom is 0.252 e. The number of benzene rings is 22. The molecule has 0 spiro atoms. The normalized spacial score (nSPS) is 12.2. The summed E-state index contributed by atoms with van der Waals surface area (Å²) >= 11 is 0. The Morgan fingerprint density at radius 1 is 0.220 bits per heavy atom. The largest absolute Gasteiger partial charge is 0.342 e. The van der Waals surface area contributed by atoms with Crippen LogP contribution in [0.15, 0.2) is 479 Å². The van der Waals surface area contributed by atoms with Crippen LogP contribution in [0.3, 0.4) is 0 Å². The molecule has 1 aromatic heterocycles. The number of nitrogens with zero attached hydrogens (tertiary/aromatic N) is 4. The van der Waals surface area contributed by atoms with Crippen molar-refractivity contribution in [3.63, 3.8) is 0 Å². The highest BCUT2D eigenvalue weighted by atomic mass is 15.2. The van der Waals surface area contributed by atoms with Crippen LogP contribution in [-0.2, 0) is 19.4 Å². The van der Waals surface area contributed by atoms with Crippen LogP contribution in [0.2, 0.25) is 0 Å². The smallest absolute Gasteiger partial charge is 0.252 e. The van der Waals surface area contributed by atoms with Gasteiger partial charge >= 0.3 is 0 Å². The summed E-state index contributed by atoms with van der Waals surface area (Å²) in [6.45, 7) is 1.58. The maximum absolute atomic E-state index is 2.79. The Bertz CT molecular complexity index is 8010. The molecule has 0 atom stereocenters. The molecule has 2 aliphatic rings. The van der Waals surface area contributed by atoms with E-state index in [1.807, 2.05) is 0 Å². The highest BCUT2D eigenvalue weighted by molar-refractivity contribution is 7.00. The zero-order chi connectivity index (χ0) is 87.1. The summed E-state index contributed by atoms with van der Waals surface area (Å²) in [4.78, 5) is 8.13. The van der Waals surface area contributed by atoms with Gasteiger partial charge in [-0.25, -0.2) is 0 Å². The molecule has 0 aliphatic carbocycles. The topological polar surface area (TPSA) is 14.7 Å². The number of aromatic nitrogens is 1. The van der Waals surface area contributed by atoms with Crippen molar-refractivity contribution in [1.82, 2.24) is 4.57 Å². The Kier molecular flexibility index (Phi) is 19.4. The summed E-state index contributed by atoms with van der Waals surface area (Å²) in [5, 5.41) is 12.7. The van der Waals surface area contributed by atoms with E-state index in [1.54, 1.807) is 0 Å². The van der Waals surface area contributed by atoms with E-state index in [1.165, 1.54) is 221 Å². The SMILES string of the molecule is c1ccc(-c2ccc(N(Cc3cc4c5c(c3)N(CCc3c(-c6ccccc6)cc(-c6ccccc6)cc3-c3ccccc3)c3cc(-n6c7ccccc7c7ccccc76)ccc3B5c3ccc(-c5ccc6c7cccc8cccc(c9cccc5c96)c87)cc3N4CCc3c(-c4ccccc4)cc(-c4ccccc4)cc3-c3ccccc3)c3ccc(-c4ccccc4)cc3)cc2)cc1. The highest BCUT2D eigenvalue weighted by Crippen LogP contribution is 2.50. The zero-order valence-corrected chi connectivity index (χ0v) is 73.0. The van der Waals surface area contributed by atoms with Crippen molar-refractivity contribution in [2.75, 3.05) is 27.8 Å². The lowest BCUT2D eigenvalue weighted by atomic mass is 9.33. The summed E-state index contributed by atoms with van der Waals surface area (Å²) in [6, 6.07) is 181. The van der Waals surface area contributed by atoms with E-state index in [2.05, 4.69) is 499 Å². The number of fused-ring (bicyclic) bond motifs is 9. The predicted octanol–water partition coefficient (Wildman–Crippen LogP) is 31.1. The van der Waals surface area contributed by atoms with Crippen LogP contribution >= 0.6 is 0 Å². The lowest BCUT2D eigenvalue weighted by Gasteiger charge is -2.45. The first kappa shape index (κ1) is 77.7. The van der Waals surface area contributed by atoms with Crippen molar-refractivity contribution >= 4 is 122 Å². The summed E-state index contributed by atoms with van der Waals surface area (Å²) in [5.74, 6) is 0. The first-order valence-electron chi connectivity index (χ1n) is 46.3. The molecule has 0 saturated heterocycles. The van der Waals surface area contributed by atoms with Crippen molar-refractivity contribution in [1.29, 1.82) is 0 Å². The Morgan fingerprint density at radius 3 is 1.00 bits per heavy atom. The van der Waals surface area contributed by atoms with E-state index >= 15 is 0 Å². The van der Waals surface area contributed by atoms with E-state index < -0.39 is 0 Å². The van der Waals surface area contributed by atoms with Crippen molar-refractivity contribution < 1.29 is 0 Å². The van der Waals surface area contributed by atoms with Crippen LogP contribution < -0.4 is 31.1 Å². The third-order valence-electron chi connectivity index (χ3n) is 28.1. The molecular weight excluding hydrogens is 1590 g/mol. The van der Waals surface area contributed by atoms with Crippen molar-refractivity contribution in [3.05, 3.63) is 496 Å². The Labute approximate surface area is 770 Å². The van der Waals surface area contributed by atoms with Gasteiger partial charge in [0.25, 0.3) is 6.71 Å². The molecule has 620 valence electrons. The predicted molar refractivity (Wildman–Crippen MR) is 561 cm³/mol. The van der Waals surface area contributed by atoms with Gasteiger partial charge in [0.15, 0.2) is 0 Å². The molecule has 0 saturated carbocycles. The van der Waals surface area contributed by atoms with Gasteiger partial charge in [-0.3, -0.25) is 0 Å². The molecule has 23 aromatic rings. The van der Waals surface area contributed by atoms with Crippen molar-refractivity contribution in [2.24, 2.45) is 0 Å². The van der Waals surface area contributed by atoms with Crippen LogP contribution in [0.4, 0.5) is 34.1 Å². The quantitative estimate of drug-likeness (QED) is 0.0429. The molecule has 2 aliphatic heterocycles. The minimum Gasteiger partial charge on any atom is -0.342 e. The van der Waals surface area contributed by atoms with E-state index in [9.17, 15) is 0 Å². The third kappa shape index (κ3) is 13.6. The van der Waals surface area contributed by atoms with Gasteiger partial charge in [0.1, 0.15) is 0 Å². The molecule has 3 heterocycles. The summed E-state index contributed by atoms with van der Waals surface area (Å²) in [7, 11) is 0. The molecule has 0 radical (unpaired) electrons. The Morgan fingerprint density at radius 2 is 0.561 bits per heavy atom. The fourth-order valence-electron chi connectivity index (χ4n) is 22.0. The molecule has 0 N–H and O–H groups in total. The molecule has 132 heavy (non-hydrogen) atoms. The van der Waals surface area contributed by atoms with Crippen molar-refractivity contribution in [2.45, 2.75) is 19.4 Å². The van der Waals surface area contributed by atoms with Gasteiger partial charge in [0, 0.05) is 70.2 Å². The third-order valence-corrected chi connectivity index (χ3v) is 28.1. The second-order valence-electron chi connectivity index (χ2n) is 35.5. The lowest BCUT2D eigenvalue weighted by molar-refractivity contribution is 0.899. The first-order chi connectivity index (χ1) is 65.5. The lowest BCUT2D eigenvalue weighted by Crippen LogP contribution is -2.62. The second-order valence-corrected chi connectivity index (χ2v) is 35.5. The highest BCUT2D eigenvalue weighted by Gasteiger charge is 2.44. The number of hydrogen-bond acceptors (Lipinski definition) is 3. The van der Waals surface area contributed by atoms with E-state index in [4.69, 9.17) is 0 Å². The van der Waals surface area contributed by atoms with Crippen molar-refractivity contribution in [3.8, 4) is 106 Å². The maximum atomic E-state index is 2.79. The molecule has 0 bridgehead atoms. The average Bonchev–Trinajstić information content (AvgIpc) is 0.819. The fourth-order valence-corrected chi connectivity index (χ4v) is 22.0. The average molecular weight is 1680 g/mol. The zero-order valence-electron chi connectivity index (χ0n) is 73.0. The van der Waals surface area contributed by atoms with Crippen LogP contribution in [0.1, 0.15) is 16.7 Å². The second kappa shape index (κ2) is 32.9. The molecule has 4 nitrogen and oxygen atoms in total. The summed E-state index contributed by atoms with van der Waals surface area (Å²) in [6.07, 6.45) is 1.39. The summed E-state index contributed by atoms with van der Waals surface area (Å²) in [5.41, 5.74) is 39.5. The van der Waals surface area contributed by atoms with E-state index in [0.717, 1.165) is 17.1 Å². The van der Waals surface area contributed by atoms with Gasteiger partial charge in [-0.1, -0.05) is 388 Å². The van der Waals surface area contributed by atoms with Gasteiger partial charge in [-0.15, -0.1) is 0 Å². The number of anilines is 6. The molecule has 25 rings (SSSR count). The molecule has 5 heteroatoms.